The van der Waals surface area contributed by atoms with Gasteiger partial charge in [-0.05, 0) is 0 Å². The molecule has 0 bridgehead atoms. The molecule has 0 radical (unpaired) electrons. The summed E-state index contributed by atoms with van der Waals surface area (Å²) in [6, 6.07) is 0. The lowest BCUT2D eigenvalue weighted by Crippen LogP contribution is -2.12. The van der Waals surface area contributed by atoms with Gasteiger partial charge in [-0.15, -0.1) is 0 Å². The van der Waals surface area contributed by atoms with Gasteiger partial charge in [0.15, 0.2) is 0 Å². The van der Waals surface area contributed by atoms with Gasteiger partial charge in [-0.1, -0.05) is 0 Å². The molecule has 0 aliphatic rings. The number of rotatable bonds is 2. The molecule has 0 rings (SSSR count). The van der Waals surface area contributed by atoms with E-state index in [1.165, 1.54) is 0 Å². The first-order valence-corrected chi connectivity index (χ1v) is 2.46. The van der Waals surface area contributed by atoms with Crippen molar-refractivity contribution in [1.29, 1.82) is 0 Å². The number of hydrogen-bond acceptors (Lipinski definition) is 5. The number of ether oxygens (including phenoxy) is 1. The fourth-order valence-corrected chi connectivity index (χ4v) is 0.232. The molecule has 6 heteroatoms. The molecule has 0 saturated carbocycles. The van der Waals surface area contributed by atoms with Gasteiger partial charge in [-0.25, -0.2) is 4.79 Å². The van der Waals surface area contributed by atoms with Crippen molar-refractivity contribution in [2.75, 3.05) is 6.79 Å². The number of carbonyl (C=O) groups is 1. The summed E-state index contributed by atoms with van der Waals surface area (Å²) >= 11 is 1.56. The molecule has 0 aromatic rings. The van der Waals surface area contributed by atoms with Crippen LogP contribution in [0.15, 0.2) is 0 Å². The van der Waals surface area contributed by atoms with Crippen molar-refractivity contribution in [3.8, 4) is 0 Å². The summed E-state index contributed by atoms with van der Waals surface area (Å²) < 4.78 is 8.43. The lowest BCUT2D eigenvalue weighted by molar-refractivity contribution is 0.0186. The molecule has 2 N–H and O–H groups in total. The molecule has 0 aromatic heterocycles. The van der Waals surface area contributed by atoms with Crippen LogP contribution in [-0.2, 0) is 12.6 Å². The van der Waals surface area contributed by atoms with Crippen LogP contribution in [0.25, 0.3) is 0 Å². The van der Waals surface area contributed by atoms with Crippen molar-refractivity contribution in [2.24, 2.45) is 5.90 Å². The van der Waals surface area contributed by atoms with E-state index in [2.05, 4.69) is 18.5 Å². The van der Waals surface area contributed by atoms with Gasteiger partial charge >= 0.3 is 6.16 Å². The molecule has 48 valence electrons. The maximum Gasteiger partial charge on any atom is 0.529 e. The molecule has 0 amide bonds. The Balaban J connectivity index is 2.99. The quantitative estimate of drug-likeness (QED) is 0.322. The third-order valence-corrected chi connectivity index (χ3v) is 0.572. The summed E-state index contributed by atoms with van der Waals surface area (Å²) in [6.45, 7) is -0.156. The van der Waals surface area contributed by atoms with Crippen LogP contribution in [0.1, 0.15) is 0 Å². The van der Waals surface area contributed by atoms with Crippen molar-refractivity contribution in [3.05, 3.63) is 0 Å². The fraction of sp³-hybridized carbons (Fsp3) is 0.500. The van der Waals surface area contributed by atoms with Gasteiger partial charge in [0.1, 0.15) is 23.0 Å². The maximum absolute atomic E-state index is 9.92. The second kappa shape index (κ2) is 5.06. The molecule has 0 atom stereocenters. The van der Waals surface area contributed by atoms with Crippen molar-refractivity contribution < 1.29 is 17.4 Å². The van der Waals surface area contributed by atoms with Gasteiger partial charge in [-0.2, -0.15) is 5.90 Å². The highest BCUT2D eigenvalue weighted by atomic mass is 127. The van der Waals surface area contributed by atoms with Crippen molar-refractivity contribution in [2.45, 2.75) is 0 Å². The first-order chi connectivity index (χ1) is 3.81. The average Bonchev–Trinajstić information content (AvgIpc) is 1.83. The summed E-state index contributed by atoms with van der Waals surface area (Å²) in [6.07, 6.45) is -0.957. The SMILES string of the molecule is NOC(=O)OCOI. The van der Waals surface area contributed by atoms with Gasteiger partial charge in [0.25, 0.3) is 0 Å². The monoisotopic (exact) mass is 233 g/mol. The van der Waals surface area contributed by atoms with Gasteiger partial charge in [0.2, 0.25) is 6.79 Å². The van der Waals surface area contributed by atoms with E-state index in [4.69, 9.17) is 0 Å². The molecule has 0 heterocycles. The van der Waals surface area contributed by atoms with Gasteiger partial charge in [0, 0.05) is 0 Å². The Kier molecular flexibility index (Phi) is 5.01. The Bertz CT molecular complexity index is 76.4. The molecular formula is C2H4INO4. The predicted molar refractivity (Wildman–Crippen MR) is 31.7 cm³/mol. The minimum Gasteiger partial charge on any atom is -0.405 e. The van der Waals surface area contributed by atoms with Crippen LogP contribution in [0.2, 0.25) is 0 Å². The molecule has 0 aliphatic carbocycles. The highest BCUT2D eigenvalue weighted by Crippen LogP contribution is 1.86. The summed E-state index contributed by atoms with van der Waals surface area (Å²) in [4.78, 5) is 13.5. The zero-order chi connectivity index (χ0) is 6.41. The first-order valence-electron chi connectivity index (χ1n) is 1.58. The van der Waals surface area contributed by atoms with E-state index in [0.29, 0.717) is 0 Å². The summed E-state index contributed by atoms with van der Waals surface area (Å²) in [5.41, 5.74) is 0. The lowest BCUT2D eigenvalue weighted by Gasteiger charge is -1.96. The van der Waals surface area contributed by atoms with E-state index in [1.54, 1.807) is 23.0 Å². The summed E-state index contributed by atoms with van der Waals surface area (Å²) in [7, 11) is 0. The molecule has 0 aliphatic heterocycles. The topological polar surface area (TPSA) is 70.8 Å². The summed E-state index contributed by atoms with van der Waals surface area (Å²) in [5.74, 6) is 4.38. The van der Waals surface area contributed by atoms with Gasteiger partial charge in [-0.3, -0.25) is 3.07 Å². The second-order valence-electron chi connectivity index (χ2n) is 0.739. The third-order valence-electron chi connectivity index (χ3n) is 0.318. The van der Waals surface area contributed by atoms with Gasteiger partial charge < -0.3 is 9.57 Å². The Hall–Kier alpha value is -0.0800. The van der Waals surface area contributed by atoms with E-state index in [-0.39, 0.29) is 6.79 Å². The van der Waals surface area contributed by atoms with Crippen molar-refractivity contribution in [1.82, 2.24) is 0 Å². The fourth-order valence-electron chi connectivity index (χ4n) is 0.104. The maximum atomic E-state index is 9.92. The van der Waals surface area contributed by atoms with Crippen LogP contribution in [-0.4, -0.2) is 12.9 Å². The van der Waals surface area contributed by atoms with E-state index in [9.17, 15) is 4.79 Å². The molecule has 5 nitrogen and oxygen atoms in total. The van der Waals surface area contributed by atoms with Crippen LogP contribution in [0.5, 0.6) is 0 Å². The Labute approximate surface area is 59.7 Å². The first kappa shape index (κ1) is 7.92. The van der Waals surface area contributed by atoms with Crippen LogP contribution in [0, 0.1) is 0 Å². The third kappa shape index (κ3) is 4.09. The Morgan fingerprint density at radius 3 is 2.75 bits per heavy atom. The van der Waals surface area contributed by atoms with Crippen LogP contribution in [0.3, 0.4) is 0 Å². The van der Waals surface area contributed by atoms with E-state index >= 15 is 0 Å². The minimum atomic E-state index is -0.957. The zero-order valence-electron chi connectivity index (χ0n) is 3.80. The Morgan fingerprint density at radius 2 is 2.38 bits per heavy atom. The molecular weight excluding hydrogens is 229 g/mol. The average molecular weight is 233 g/mol. The van der Waals surface area contributed by atoms with Crippen LogP contribution in [0.4, 0.5) is 4.79 Å². The van der Waals surface area contributed by atoms with Crippen molar-refractivity contribution >= 4 is 29.2 Å². The van der Waals surface area contributed by atoms with Crippen molar-refractivity contribution in [3.63, 3.8) is 0 Å². The Morgan fingerprint density at radius 1 is 1.75 bits per heavy atom. The van der Waals surface area contributed by atoms with Gasteiger partial charge in [0.05, 0.1) is 0 Å². The molecule has 0 unspecified atom stereocenters. The number of nitrogens with two attached hydrogens (primary N) is 1. The largest absolute Gasteiger partial charge is 0.529 e. The lowest BCUT2D eigenvalue weighted by atomic mass is 11.3. The predicted octanol–water partition coefficient (Wildman–Crippen LogP) is 0.337. The second-order valence-corrected chi connectivity index (χ2v) is 1.36. The highest BCUT2D eigenvalue weighted by molar-refractivity contribution is 14.1. The molecule has 0 spiro atoms. The molecule has 0 saturated heterocycles. The summed E-state index contributed by atoms with van der Waals surface area (Å²) in [5, 5.41) is 0. The number of hydrogen-bond donors (Lipinski definition) is 1. The minimum absolute atomic E-state index is 0.156. The normalized spacial score (nSPS) is 8.25. The zero-order valence-corrected chi connectivity index (χ0v) is 5.95. The number of carbonyl (C=O) groups excluding carboxylic acids is 1. The van der Waals surface area contributed by atoms with E-state index in [1.807, 2.05) is 0 Å². The molecule has 0 fully saturated rings. The van der Waals surface area contributed by atoms with E-state index in [0.717, 1.165) is 0 Å². The van der Waals surface area contributed by atoms with Crippen LogP contribution >= 0.6 is 23.0 Å². The number of halogens is 1. The molecule has 8 heavy (non-hydrogen) atoms. The smallest absolute Gasteiger partial charge is 0.405 e. The molecule has 0 aromatic carbocycles. The van der Waals surface area contributed by atoms with Crippen LogP contribution < -0.4 is 5.90 Å². The standard InChI is InChI=1S/C2H4INO4/c3-7-1-6-2(5)8-4/h1,4H2. The van der Waals surface area contributed by atoms with E-state index < -0.39 is 6.16 Å². The highest BCUT2D eigenvalue weighted by Gasteiger charge is 1.97.